The summed E-state index contributed by atoms with van der Waals surface area (Å²) in [5.41, 5.74) is 1.12. The van der Waals surface area contributed by atoms with Gasteiger partial charge in [0, 0.05) is 17.3 Å². The third-order valence-electron chi connectivity index (χ3n) is 3.56. The highest BCUT2D eigenvalue weighted by Gasteiger charge is 2.36. The second-order valence-corrected chi connectivity index (χ2v) is 7.94. The van der Waals surface area contributed by atoms with E-state index in [1.54, 1.807) is 11.3 Å². The van der Waals surface area contributed by atoms with Gasteiger partial charge in [-0.15, -0.1) is 11.3 Å². The molecule has 7 heteroatoms. The Morgan fingerprint density at radius 3 is 2.95 bits per heavy atom. The fourth-order valence-electron chi connectivity index (χ4n) is 2.40. The average Bonchev–Trinajstić information content (AvgIpc) is 2.72. The van der Waals surface area contributed by atoms with Crippen LogP contribution in [-0.4, -0.2) is 39.5 Å². The van der Waals surface area contributed by atoms with Crippen molar-refractivity contribution in [3.05, 3.63) is 21.9 Å². The van der Waals surface area contributed by atoms with E-state index in [9.17, 15) is 8.42 Å². The topological polar surface area (TPSA) is 64.6 Å². The number of hydrogen-bond acceptors (Lipinski definition) is 5. The molecular weight excluding hydrogens is 286 g/mol. The van der Waals surface area contributed by atoms with Crippen molar-refractivity contribution < 1.29 is 17.9 Å². The number of rotatable bonds is 4. The Morgan fingerprint density at radius 2 is 2.26 bits per heavy atom. The minimum absolute atomic E-state index is 0.189. The maximum absolute atomic E-state index is 12.1. The molecule has 106 valence electrons. The summed E-state index contributed by atoms with van der Waals surface area (Å²) in [4.78, 5) is 1.30. The Hall–Kier alpha value is -0.470. The molecule has 19 heavy (non-hydrogen) atoms. The first-order valence-corrected chi connectivity index (χ1v) is 8.77. The van der Waals surface area contributed by atoms with E-state index in [2.05, 4.69) is 4.72 Å². The monoisotopic (exact) mass is 303 g/mol. The molecule has 1 N–H and O–H groups in total. The van der Waals surface area contributed by atoms with Crippen molar-refractivity contribution in [3.63, 3.8) is 0 Å². The molecule has 3 rings (SSSR count). The number of sulfonamides is 1. The van der Waals surface area contributed by atoms with Crippen LogP contribution in [0.5, 0.6) is 0 Å². The number of thiophene rings is 1. The molecule has 2 unspecified atom stereocenters. The van der Waals surface area contributed by atoms with Crippen molar-refractivity contribution in [1.82, 2.24) is 4.72 Å². The summed E-state index contributed by atoms with van der Waals surface area (Å²) in [6.07, 6.45) is 0.727. The van der Waals surface area contributed by atoms with Crippen molar-refractivity contribution in [1.29, 1.82) is 0 Å². The van der Waals surface area contributed by atoms with Crippen molar-refractivity contribution in [2.24, 2.45) is 0 Å². The van der Waals surface area contributed by atoms with Crippen LogP contribution in [0.2, 0.25) is 0 Å². The van der Waals surface area contributed by atoms with Crippen LogP contribution in [0.25, 0.3) is 0 Å². The second-order valence-electron chi connectivity index (χ2n) is 4.95. The Kier molecular flexibility index (Phi) is 3.65. The number of ether oxygens (including phenoxy) is 2. The zero-order valence-electron chi connectivity index (χ0n) is 10.7. The largest absolute Gasteiger partial charge is 0.378 e. The number of hydrogen-bond donors (Lipinski definition) is 1. The Balaban J connectivity index is 1.73. The molecule has 0 bridgehead atoms. The summed E-state index contributed by atoms with van der Waals surface area (Å²) in [5.74, 6) is 0. The van der Waals surface area contributed by atoms with E-state index in [-0.39, 0.29) is 25.4 Å². The fraction of sp³-hybridized carbons (Fsp3) is 0.667. The molecule has 2 aliphatic heterocycles. The Morgan fingerprint density at radius 1 is 1.47 bits per heavy atom. The molecule has 1 fully saturated rings. The normalized spacial score (nSPS) is 25.6. The number of fused-ring (bicyclic) bond motifs is 1. The maximum atomic E-state index is 12.1. The van der Waals surface area contributed by atoms with Crippen molar-refractivity contribution >= 4 is 21.4 Å². The molecule has 0 aliphatic carbocycles. The van der Waals surface area contributed by atoms with Gasteiger partial charge in [-0.1, -0.05) is 0 Å². The molecule has 0 radical (unpaired) electrons. The van der Waals surface area contributed by atoms with Gasteiger partial charge in [0.25, 0.3) is 0 Å². The van der Waals surface area contributed by atoms with Crippen LogP contribution < -0.4 is 4.72 Å². The van der Waals surface area contributed by atoms with Gasteiger partial charge >= 0.3 is 0 Å². The smallest absolute Gasteiger partial charge is 0.219 e. The first kappa shape index (κ1) is 13.5. The van der Waals surface area contributed by atoms with Gasteiger partial charge in [-0.05, 0) is 23.9 Å². The van der Waals surface area contributed by atoms with Crippen molar-refractivity contribution in [2.45, 2.75) is 30.7 Å². The van der Waals surface area contributed by atoms with Crippen LogP contribution in [0.1, 0.15) is 23.5 Å². The average molecular weight is 303 g/mol. The molecule has 1 aromatic heterocycles. The minimum Gasteiger partial charge on any atom is -0.378 e. The summed E-state index contributed by atoms with van der Waals surface area (Å²) in [7, 11) is -3.31. The molecule has 3 heterocycles. The molecule has 1 aromatic rings. The summed E-state index contributed by atoms with van der Waals surface area (Å²) in [5, 5.41) is 1.62. The van der Waals surface area contributed by atoms with Crippen LogP contribution in [-0.2, 0) is 25.9 Å². The second kappa shape index (κ2) is 5.14. The molecule has 0 spiro atoms. The van der Waals surface area contributed by atoms with E-state index in [4.69, 9.17) is 9.47 Å². The summed E-state index contributed by atoms with van der Waals surface area (Å²) >= 11 is 1.71. The molecule has 0 saturated carbocycles. The first-order chi connectivity index (χ1) is 9.08. The van der Waals surface area contributed by atoms with E-state index in [1.807, 2.05) is 18.4 Å². The molecule has 2 aliphatic rings. The lowest BCUT2D eigenvalue weighted by Gasteiger charge is -2.32. The zero-order valence-corrected chi connectivity index (χ0v) is 12.3. The third-order valence-corrected chi connectivity index (χ3v) is 6.41. The van der Waals surface area contributed by atoms with Crippen molar-refractivity contribution in [2.75, 3.05) is 19.8 Å². The van der Waals surface area contributed by atoms with Crippen LogP contribution in [0, 0.1) is 0 Å². The first-order valence-electron chi connectivity index (χ1n) is 6.34. The lowest BCUT2D eigenvalue weighted by molar-refractivity contribution is 0.0236. The highest BCUT2D eigenvalue weighted by atomic mass is 32.2. The van der Waals surface area contributed by atoms with Crippen LogP contribution in [0.3, 0.4) is 0 Å². The molecule has 0 amide bonds. The quantitative estimate of drug-likeness (QED) is 0.903. The molecular formula is C12H17NO4S2. The minimum atomic E-state index is -3.31. The molecule has 2 atom stereocenters. The number of nitrogens with one attached hydrogen (secondary N) is 1. The van der Waals surface area contributed by atoms with Gasteiger partial charge in [-0.3, -0.25) is 0 Å². The lowest BCUT2D eigenvalue weighted by Crippen LogP contribution is -2.50. The summed E-state index contributed by atoms with van der Waals surface area (Å²) in [6, 6.07) is 1.76. The fourth-order valence-corrected chi connectivity index (χ4v) is 4.69. The maximum Gasteiger partial charge on any atom is 0.219 e. The zero-order chi connectivity index (χ0) is 13.5. The molecule has 0 aromatic carbocycles. The highest BCUT2D eigenvalue weighted by Crippen LogP contribution is 2.33. The van der Waals surface area contributed by atoms with E-state index in [1.165, 1.54) is 4.88 Å². The highest BCUT2D eigenvalue weighted by molar-refractivity contribution is 7.90. The van der Waals surface area contributed by atoms with Gasteiger partial charge in [0.2, 0.25) is 10.0 Å². The van der Waals surface area contributed by atoms with E-state index in [0.29, 0.717) is 6.61 Å². The van der Waals surface area contributed by atoms with Crippen LogP contribution in [0.4, 0.5) is 0 Å². The van der Waals surface area contributed by atoms with Crippen LogP contribution >= 0.6 is 11.3 Å². The predicted molar refractivity (Wildman–Crippen MR) is 72.8 cm³/mol. The van der Waals surface area contributed by atoms with Gasteiger partial charge in [-0.25, -0.2) is 13.1 Å². The molecule has 5 nitrogen and oxygen atoms in total. The third kappa shape index (κ3) is 2.57. The van der Waals surface area contributed by atoms with E-state index in [0.717, 1.165) is 12.0 Å². The van der Waals surface area contributed by atoms with Gasteiger partial charge in [0.05, 0.1) is 25.9 Å². The Labute approximate surface area is 117 Å². The SMILES string of the molecule is CC(NS(=O)(=O)C1COC1)C1OCCc2sccc21. The predicted octanol–water partition coefficient (Wildman–Crippen LogP) is 1.07. The van der Waals surface area contributed by atoms with Gasteiger partial charge < -0.3 is 9.47 Å². The lowest BCUT2D eigenvalue weighted by atomic mass is 10.0. The summed E-state index contributed by atoms with van der Waals surface area (Å²) in [6.45, 7) is 3.08. The van der Waals surface area contributed by atoms with Crippen molar-refractivity contribution in [3.8, 4) is 0 Å². The van der Waals surface area contributed by atoms with Gasteiger partial charge in [0.1, 0.15) is 5.25 Å². The van der Waals surface area contributed by atoms with Crippen LogP contribution in [0.15, 0.2) is 11.4 Å². The van der Waals surface area contributed by atoms with E-state index < -0.39 is 15.3 Å². The van der Waals surface area contributed by atoms with E-state index >= 15 is 0 Å². The standard InChI is InChI=1S/C12H17NO4S2/c1-8(13-19(14,15)9-6-16-7-9)12-10-3-5-18-11(10)2-4-17-12/h3,5,8-9,12-13H,2,4,6-7H2,1H3. The summed E-state index contributed by atoms with van der Waals surface area (Å²) < 4.78 is 37.6. The van der Waals surface area contributed by atoms with Gasteiger partial charge in [0.15, 0.2) is 0 Å². The van der Waals surface area contributed by atoms with Gasteiger partial charge in [-0.2, -0.15) is 0 Å². The Bertz CT molecular complexity index is 550. The molecule has 1 saturated heterocycles.